The van der Waals surface area contributed by atoms with Gasteiger partial charge in [0.25, 0.3) is 0 Å². The number of rotatable bonds is 5. The zero-order valence-corrected chi connectivity index (χ0v) is 17.0. The fraction of sp³-hybridized carbons (Fsp3) is 0.148. The van der Waals surface area contributed by atoms with Crippen LogP contribution in [-0.2, 0) is 11.2 Å². The summed E-state index contributed by atoms with van der Waals surface area (Å²) >= 11 is 0. The van der Waals surface area contributed by atoms with Crippen LogP contribution in [0.5, 0.6) is 5.75 Å². The van der Waals surface area contributed by atoms with Crippen LogP contribution >= 0.6 is 0 Å². The lowest BCUT2D eigenvalue weighted by Crippen LogP contribution is -1.96. The third-order valence-corrected chi connectivity index (χ3v) is 5.50. The zero-order chi connectivity index (χ0) is 20.9. The van der Waals surface area contributed by atoms with Crippen molar-refractivity contribution in [3.05, 3.63) is 107 Å². The quantitative estimate of drug-likeness (QED) is 0.531. The summed E-state index contributed by atoms with van der Waals surface area (Å²) in [7, 11) is 1.69. The number of carboxylic acid groups (broad SMARTS) is 1. The van der Waals surface area contributed by atoms with Gasteiger partial charge in [0.1, 0.15) is 5.75 Å². The molecule has 30 heavy (non-hydrogen) atoms. The molecule has 0 aliphatic heterocycles. The highest BCUT2D eigenvalue weighted by Gasteiger charge is 2.20. The first kappa shape index (κ1) is 19.7. The number of methoxy groups -OCH3 is 1. The van der Waals surface area contributed by atoms with E-state index in [4.69, 9.17) is 9.84 Å². The lowest BCUT2D eigenvalue weighted by atomic mass is 9.87. The van der Waals surface area contributed by atoms with E-state index in [1.54, 1.807) is 13.2 Å². The van der Waals surface area contributed by atoms with Crippen LogP contribution in [0.4, 0.5) is 0 Å². The Kier molecular flexibility index (Phi) is 5.80. The summed E-state index contributed by atoms with van der Waals surface area (Å²) < 4.78 is 5.47. The Balaban J connectivity index is 1.89. The molecule has 3 nitrogen and oxygen atoms in total. The van der Waals surface area contributed by atoms with Crippen molar-refractivity contribution in [2.75, 3.05) is 7.11 Å². The molecule has 150 valence electrons. The summed E-state index contributed by atoms with van der Waals surface area (Å²) in [5.74, 6) is -0.0918. The van der Waals surface area contributed by atoms with Gasteiger partial charge in [-0.25, -0.2) is 4.79 Å². The molecule has 3 aromatic rings. The van der Waals surface area contributed by atoms with Crippen LogP contribution in [0, 0.1) is 0 Å². The summed E-state index contributed by atoms with van der Waals surface area (Å²) in [4.78, 5) is 10.8. The Bertz CT molecular complexity index is 1120. The fourth-order valence-corrected chi connectivity index (χ4v) is 4.08. The number of fused-ring (bicyclic) bond motifs is 1. The van der Waals surface area contributed by atoms with Crippen LogP contribution in [0.3, 0.4) is 0 Å². The number of hydrogen-bond donors (Lipinski definition) is 1. The van der Waals surface area contributed by atoms with Gasteiger partial charge in [-0.05, 0) is 76.4 Å². The molecular weight excluding hydrogens is 372 g/mol. The normalized spacial score (nSPS) is 13.8. The molecule has 4 rings (SSSR count). The molecule has 0 amide bonds. The molecular formula is C27H24O3. The molecule has 0 radical (unpaired) electrons. The van der Waals surface area contributed by atoms with E-state index in [0.717, 1.165) is 42.2 Å². The number of ether oxygens (including phenoxy) is 1. The topological polar surface area (TPSA) is 46.5 Å². The lowest BCUT2D eigenvalue weighted by Gasteiger charge is -2.17. The maximum atomic E-state index is 10.8. The Hall–Kier alpha value is -3.59. The van der Waals surface area contributed by atoms with Crippen molar-refractivity contribution in [3.8, 4) is 5.75 Å². The van der Waals surface area contributed by atoms with Gasteiger partial charge in [-0.2, -0.15) is 0 Å². The first-order valence-corrected chi connectivity index (χ1v) is 10.1. The number of aryl methyl sites for hydroxylation is 1. The van der Waals surface area contributed by atoms with Gasteiger partial charge >= 0.3 is 5.97 Å². The minimum Gasteiger partial charge on any atom is -0.497 e. The van der Waals surface area contributed by atoms with Crippen LogP contribution in [0.15, 0.2) is 78.9 Å². The molecule has 3 aromatic carbocycles. The lowest BCUT2D eigenvalue weighted by molar-refractivity contribution is -0.131. The summed E-state index contributed by atoms with van der Waals surface area (Å²) in [6, 6.07) is 25.0. The molecule has 0 saturated carbocycles. The third kappa shape index (κ3) is 4.20. The van der Waals surface area contributed by atoms with E-state index in [9.17, 15) is 4.79 Å². The number of allylic oxidation sites excluding steroid dienone is 1. The summed E-state index contributed by atoms with van der Waals surface area (Å²) in [6.07, 6.45) is 5.90. The van der Waals surface area contributed by atoms with Gasteiger partial charge in [0, 0.05) is 6.08 Å². The Labute approximate surface area is 177 Å². The minimum atomic E-state index is -0.945. The van der Waals surface area contributed by atoms with Crippen molar-refractivity contribution in [1.29, 1.82) is 0 Å². The smallest absolute Gasteiger partial charge is 0.328 e. The van der Waals surface area contributed by atoms with Gasteiger partial charge in [0.05, 0.1) is 7.11 Å². The predicted octanol–water partition coefficient (Wildman–Crippen LogP) is 6.09. The van der Waals surface area contributed by atoms with Crippen LogP contribution < -0.4 is 4.74 Å². The molecule has 0 heterocycles. The monoisotopic (exact) mass is 396 g/mol. The highest BCUT2D eigenvalue weighted by atomic mass is 16.5. The van der Waals surface area contributed by atoms with Crippen LogP contribution in [0.2, 0.25) is 0 Å². The first-order chi connectivity index (χ1) is 14.7. The molecule has 1 N–H and O–H groups in total. The van der Waals surface area contributed by atoms with Crippen molar-refractivity contribution >= 4 is 23.2 Å². The SMILES string of the molecule is COc1cccc(C2=C(c3ccc(/C=C/C(=O)O)cc3)c3ccccc3CCC2)c1. The molecule has 1 aliphatic rings. The van der Waals surface area contributed by atoms with Gasteiger partial charge in [-0.1, -0.05) is 60.7 Å². The zero-order valence-electron chi connectivity index (χ0n) is 17.0. The number of hydrogen-bond acceptors (Lipinski definition) is 2. The highest BCUT2D eigenvalue weighted by molar-refractivity contribution is 6.00. The minimum absolute atomic E-state index is 0.853. The van der Waals surface area contributed by atoms with Gasteiger partial charge < -0.3 is 9.84 Å². The second kappa shape index (κ2) is 8.83. The molecule has 0 fully saturated rings. The summed E-state index contributed by atoms with van der Waals surface area (Å²) in [5.41, 5.74) is 8.36. The largest absolute Gasteiger partial charge is 0.497 e. The number of carbonyl (C=O) groups is 1. The molecule has 3 heteroatoms. The van der Waals surface area contributed by atoms with E-state index in [1.807, 2.05) is 24.3 Å². The van der Waals surface area contributed by atoms with Crippen LogP contribution in [-0.4, -0.2) is 18.2 Å². The van der Waals surface area contributed by atoms with Gasteiger partial charge in [-0.15, -0.1) is 0 Å². The van der Waals surface area contributed by atoms with Gasteiger partial charge in [0.15, 0.2) is 0 Å². The number of benzene rings is 3. The van der Waals surface area contributed by atoms with E-state index in [0.29, 0.717) is 0 Å². The van der Waals surface area contributed by atoms with E-state index < -0.39 is 5.97 Å². The number of aliphatic carboxylic acids is 1. The Morgan fingerprint density at radius 1 is 0.933 bits per heavy atom. The standard InChI is InChI=1S/C27H24O3/c1-30-23-9-4-8-22(18-23)25-11-5-7-20-6-2-3-10-24(20)27(25)21-15-12-19(13-16-21)14-17-26(28)29/h2-4,6,8-10,12-18H,5,7,11H2,1H3,(H,28,29)/b17-14+. The average molecular weight is 396 g/mol. The molecule has 0 spiro atoms. The van der Waals surface area contributed by atoms with Crippen molar-refractivity contribution in [2.24, 2.45) is 0 Å². The van der Waals surface area contributed by atoms with Crippen LogP contribution in [0.25, 0.3) is 17.2 Å². The van der Waals surface area contributed by atoms with Crippen molar-refractivity contribution < 1.29 is 14.6 Å². The van der Waals surface area contributed by atoms with E-state index >= 15 is 0 Å². The number of carboxylic acids is 1. The Morgan fingerprint density at radius 3 is 2.50 bits per heavy atom. The molecule has 0 saturated heterocycles. The maximum absolute atomic E-state index is 10.8. The van der Waals surface area contributed by atoms with Crippen molar-refractivity contribution in [1.82, 2.24) is 0 Å². The predicted molar refractivity (Wildman–Crippen MR) is 121 cm³/mol. The van der Waals surface area contributed by atoms with Crippen LogP contribution in [0.1, 0.15) is 40.7 Å². The fourth-order valence-electron chi connectivity index (χ4n) is 4.08. The van der Waals surface area contributed by atoms with Crippen molar-refractivity contribution in [3.63, 3.8) is 0 Å². The van der Waals surface area contributed by atoms with E-state index in [1.165, 1.54) is 27.8 Å². The van der Waals surface area contributed by atoms with Crippen molar-refractivity contribution in [2.45, 2.75) is 19.3 Å². The Morgan fingerprint density at radius 2 is 1.73 bits per heavy atom. The molecule has 0 bridgehead atoms. The van der Waals surface area contributed by atoms with Gasteiger partial charge in [-0.3, -0.25) is 0 Å². The third-order valence-electron chi connectivity index (χ3n) is 5.50. The first-order valence-electron chi connectivity index (χ1n) is 10.1. The van der Waals surface area contributed by atoms with Gasteiger partial charge in [0.2, 0.25) is 0 Å². The molecule has 0 aromatic heterocycles. The van der Waals surface area contributed by atoms with E-state index in [2.05, 4.69) is 48.5 Å². The van der Waals surface area contributed by atoms with E-state index in [-0.39, 0.29) is 0 Å². The summed E-state index contributed by atoms with van der Waals surface area (Å²) in [5, 5.41) is 8.87. The molecule has 0 atom stereocenters. The second-order valence-electron chi connectivity index (χ2n) is 7.39. The average Bonchev–Trinajstić information content (AvgIpc) is 2.98. The second-order valence-corrected chi connectivity index (χ2v) is 7.39. The maximum Gasteiger partial charge on any atom is 0.328 e. The molecule has 1 aliphatic carbocycles. The molecule has 0 unspecified atom stereocenters. The highest BCUT2D eigenvalue weighted by Crippen LogP contribution is 2.40. The summed E-state index contributed by atoms with van der Waals surface area (Å²) in [6.45, 7) is 0.